The Morgan fingerprint density at radius 3 is 2.80 bits per heavy atom. The summed E-state index contributed by atoms with van der Waals surface area (Å²) in [5, 5.41) is 29.5. The van der Waals surface area contributed by atoms with Crippen molar-refractivity contribution in [1.29, 1.82) is 0 Å². The first-order valence-corrected chi connectivity index (χ1v) is 6.44. The lowest BCUT2D eigenvalue weighted by Gasteiger charge is -2.36. The molecule has 1 unspecified atom stereocenters. The summed E-state index contributed by atoms with van der Waals surface area (Å²) < 4.78 is 0. The van der Waals surface area contributed by atoms with Crippen LogP contribution in [0.5, 0.6) is 0 Å². The Hall–Kier alpha value is -2.15. The Morgan fingerprint density at radius 2 is 2.20 bits per heavy atom. The number of carboxylic acids is 1. The predicted molar refractivity (Wildman–Crippen MR) is 72.1 cm³/mol. The molecular weight excluding hydrogens is 264 g/mol. The van der Waals surface area contributed by atoms with Crippen molar-refractivity contribution in [1.82, 2.24) is 0 Å². The Bertz CT molecular complexity index is 531. The average molecular weight is 280 g/mol. The molecule has 1 heterocycles. The number of hydrogen-bond acceptors (Lipinski definition) is 5. The first-order chi connectivity index (χ1) is 9.54. The summed E-state index contributed by atoms with van der Waals surface area (Å²) in [6, 6.07) is 3.55. The molecule has 108 valence electrons. The lowest BCUT2D eigenvalue weighted by Crippen LogP contribution is -2.42. The van der Waals surface area contributed by atoms with Crippen LogP contribution in [0, 0.1) is 10.1 Å². The fraction of sp³-hybridized carbons (Fsp3) is 0.462. The maximum atomic E-state index is 11.1. The molecule has 7 nitrogen and oxygen atoms in total. The number of anilines is 1. The quantitative estimate of drug-likeness (QED) is 0.642. The minimum atomic E-state index is -1.13. The summed E-state index contributed by atoms with van der Waals surface area (Å²) in [6.07, 6.45) is 2.56. The van der Waals surface area contributed by atoms with Crippen molar-refractivity contribution in [2.45, 2.75) is 25.3 Å². The molecule has 0 bridgehead atoms. The number of nitro benzene ring substituents is 1. The van der Waals surface area contributed by atoms with E-state index in [9.17, 15) is 20.0 Å². The van der Waals surface area contributed by atoms with Gasteiger partial charge in [-0.3, -0.25) is 10.1 Å². The maximum absolute atomic E-state index is 11.1. The van der Waals surface area contributed by atoms with E-state index < -0.39 is 10.9 Å². The summed E-state index contributed by atoms with van der Waals surface area (Å²) >= 11 is 0. The molecule has 20 heavy (non-hydrogen) atoms. The minimum absolute atomic E-state index is 0.00728. The van der Waals surface area contributed by atoms with Crippen molar-refractivity contribution in [3.8, 4) is 0 Å². The SMILES string of the molecule is O=C(O)c1ccc([N+](=O)[O-])c(N2CCCCC2CO)c1. The highest BCUT2D eigenvalue weighted by atomic mass is 16.6. The fourth-order valence-corrected chi connectivity index (χ4v) is 2.55. The third-order valence-corrected chi connectivity index (χ3v) is 3.57. The van der Waals surface area contributed by atoms with E-state index in [1.807, 2.05) is 0 Å². The van der Waals surface area contributed by atoms with E-state index in [0.29, 0.717) is 6.54 Å². The third-order valence-electron chi connectivity index (χ3n) is 3.57. The standard InChI is InChI=1S/C13H16N2O5/c16-8-10-3-1-2-6-14(10)12-7-9(13(17)18)4-5-11(12)15(19)20/h4-5,7,10,16H,1-3,6,8H2,(H,17,18). The summed E-state index contributed by atoms with van der Waals surface area (Å²) in [4.78, 5) is 23.4. The summed E-state index contributed by atoms with van der Waals surface area (Å²) in [5.41, 5.74) is 0.150. The van der Waals surface area contributed by atoms with Crippen LogP contribution in [0.2, 0.25) is 0 Å². The molecule has 1 aromatic rings. The van der Waals surface area contributed by atoms with Gasteiger partial charge < -0.3 is 15.1 Å². The molecule has 1 atom stereocenters. The number of hydrogen-bond donors (Lipinski definition) is 2. The van der Waals surface area contributed by atoms with Crippen molar-refractivity contribution < 1.29 is 19.9 Å². The highest BCUT2D eigenvalue weighted by Gasteiger charge is 2.28. The van der Waals surface area contributed by atoms with Crippen molar-refractivity contribution >= 4 is 17.3 Å². The van der Waals surface area contributed by atoms with Gasteiger partial charge in [0.05, 0.1) is 23.1 Å². The zero-order chi connectivity index (χ0) is 14.7. The van der Waals surface area contributed by atoms with Crippen molar-refractivity contribution in [2.75, 3.05) is 18.1 Å². The second-order valence-electron chi connectivity index (χ2n) is 4.79. The zero-order valence-electron chi connectivity index (χ0n) is 10.9. The van der Waals surface area contributed by atoms with Crippen molar-refractivity contribution in [3.63, 3.8) is 0 Å². The molecule has 1 fully saturated rings. The van der Waals surface area contributed by atoms with E-state index in [-0.39, 0.29) is 29.6 Å². The van der Waals surface area contributed by atoms with Crippen LogP contribution in [0.3, 0.4) is 0 Å². The van der Waals surface area contributed by atoms with Crippen LogP contribution in [-0.2, 0) is 0 Å². The van der Waals surface area contributed by atoms with Gasteiger partial charge in [0.25, 0.3) is 5.69 Å². The topological polar surface area (TPSA) is 104 Å². The Labute approximate surface area is 115 Å². The van der Waals surface area contributed by atoms with Gasteiger partial charge in [-0.15, -0.1) is 0 Å². The van der Waals surface area contributed by atoms with Crippen LogP contribution in [0.25, 0.3) is 0 Å². The molecule has 0 amide bonds. The van der Waals surface area contributed by atoms with Crippen LogP contribution < -0.4 is 4.90 Å². The van der Waals surface area contributed by atoms with Crippen LogP contribution >= 0.6 is 0 Å². The number of carbonyl (C=O) groups is 1. The van der Waals surface area contributed by atoms with Gasteiger partial charge in [0.15, 0.2) is 0 Å². The van der Waals surface area contributed by atoms with E-state index in [4.69, 9.17) is 5.11 Å². The van der Waals surface area contributed by atoms with E-state index in [1.165, 1.54) is 18.2 Å². The molecule has 0 aromatic heterocycles. The molecule has 0 aliphatic carbocycles. The summed E-state index contributed by atoms with van der Waals surface area (Å²) in [6.45, 7) is 0.476. The summed E-state index contributed by atoms with van der Waals surface area (Å²) in [7, 11) is 0. The van der Waals surface area contributed by atoms with Gasteiger partial charge >= 0.3 is 5.97 Å². The number of aromatic carboxylic acids is 1. The lowest BCUT2D eigenvalue weighted by atomic mass is 10.0. The van der Waals surface area contributed by atoms with Gasteiger partial charge in [0.1, 0.15) is 5.69 Å². The Kier molecular flexibility index (Phi) is 4.19. The highest BCUT2D eigenvalue weighted by molar-refractivity contribution is 5.90. The molecule has 2 rings (SSSR count). The van der Waals surface area contributed by atoms with Gasteiger partial charge in [0, 0.05) is 12.6 Å². The highest BCUT2D eigenvalue weighted by Crippen LogP contribution is 2.33. The van der Waals surface area contributed by atoms with E-state index >= 15 is 0 Å². The maximum Gasteiger partial charge on any atom is 0.335 e. The zero-order valence-corrected chi connectivity index (χ0v) is 10.9. The van der Waals surface area contributed by atoms with Crippen molar-refractivity contribution in [2.24, 2.45) is 0 Å². The number of aliphatic hydroxyl groups is 1. The van der Waals surface area contributed by atoms with E-state index in [0.717, 1.165) is 19.3 Å². The van der Waals surface area contributed by atoms with E-state index in [2.05, 4.69) is 0 Å². The molecule has 0 spiro atoms. The number of benzene rings is 1. The molecule has 1 aliphatic rings. The average Bonchev–Trinajstić information content (AvgIpc) is 2.46. The number of aliphatic hydroxyl groups excluding tert-OH is 1. The molecular formula is C13H16N2O5. The lowest BCUT2D eigenvalue weighted by molar-refractivity contribution is -0.384. The van der Waals surface area contributed by atoms with Crippen LogP contribution in [-0.4, -0.2) is 40.3 Å². The van der Waals surface area contributed by atoms with Crippen LogP contribution in [0.15, 0.2) is 18.2 Å². The van der Waals surface area contributed by atoms with Crippen LogP contribution in [0.1, 0.15) is 29.6 Å². The molecule has 2 N–H and O–H groups in total. The van der Waals surface area contributed by atoms with Gasteiger partial charge in [-0.05, 0) is 31.4 Å². The predicted octanol–water partition coefficient (Wildman–Crippen LogP) is 1.64. The Balaban J connectivity index is 2.47. The minimum Gasteiger partial charge on any atom is -0.478 e. The fourth-order valence-electron chi connectivity index (χ4n) is 2.55. The Morgan fingerprint density at radius 1 is 1.45 bits per heavy atom. The molecule has 1 saturated heterocycles. The largest absolute Gasteiger partial charge is 0.478 e. The molecule has 1 aliphatic heterocycles. The van der Waals surface area contributed by atoms with Crippen molar-refractivity contribution in [3.05, 3.63) is 33.9 Å². The first-order valence-electron chi connectivity index (χ1n) is 6.44. The first kappa shape index (κ1) is 14.3. The van der Waals surface area contributed by atoms with Gasteiger partial charge in [0.2, 0.25) is 0 Å². The van der Waals surface area contributed by atoms with Gasteiger partial charge in [-0.25, -0.2) is 4.79 Å². The smallest absolute Gasteiger partial charge is 0.335 e. The monoisotopic (exact) mass is 280 g/mol. The molecule has 7 heteroatoms. The van der Waals surface area contributed by atoms with E-state index in [1.54, 1.807) is 4.90 Å². The van der Waals surface area contributed by atoms with Crippen LogP contribution in [0.4, 0.5) is 11.4 Å². The van der Waals surface area contributed by atoms with Gasteiger partial charge in [-0.2, -0.15) is 0 Å². The molecule has 0 radical (unpaired) electrons. The van der Waals surface area contributed by atoms with Gasteiger partial charge in [-0.1, -0.05) is 0 Å². The third kappa shape index (κ3) is 2.72. The number of carboxylic acid groups (broad SMARTS) is 1. The number of piperidine rings is 1. The second-order valence-corrected chi connectivity index (χ2v) is 4.79. The number of nitrogens with zero attached hydrogens (tertiary/aromatic N) is 2. The number of rotatable bonds is 4. The summed E-state index contributed by atoms with van der Waals surface area (Å²) in [5.74, 6) is -1.13. The molecule has 0 saturated carbocycles. The number of nitro groups is 1. The second kappa shape index (κ2) is 5.87. The normalized spacial score (nSPS) is 18.9. The molecule has 1 aromatic carbocycles.